The summed E-state index contributed by atoms with van der Waals surface area (Å²) in [5.74, 6) is -2.45. The van der Waals surface area contributed by atoms with Crippen LogP contribution in [0.4, 0.5) is 8.78 Å². The quantitative estimate of drug-likeness (QED) is 0.884. The normalized spacial score (nSPS) is 18.1. The number of sulfonamides is 1. The maximum absolute atomic E-state index is 13.9. The van der Waals surface area contributed by atoms with E-state index < -0.39 is 26.6 Å². The largest absolute Gasteiger partial charge is 0.316 e. The van der Waals surface area contributed by atoms with Crippen LogP contribution < -0.4 is 5.32 Å². The molecule has 1 heterocycles. The molecule has 118 valence electrons. The summed E-state index contributed by atoms with van der Waals surface area (Å²) in [6.45, 7) is 1.95. The Kier molecular flexibility index (Phi) is 4.92. The maximum Gasteiger partial charge on any atom is 0.246 e. The summed E-state index contributed by atoms with van der Waals surface area (Å²) in [6, 6.07) is 2.21. The third-order valence-corrected chi connectivity index (χ3v) is 5.41. The molecule has 0 radical (unpaired) electrons. The number of hydrogen-bond acceptors (Lipinski definition) is 4. The second kappa shape index (κ2) is 6.35. The van der Waals surface area contributed by atoms with Gasteiger partial charge in [0.25, 0.3) is 0 Å². The van der Waals surface area contributed by atoms with Crippen molar-refractivity contribution in [2.24, 2.45) is 0 Å². The molecule has 8 heteroatoms. The first-order valence-corrected chi connectivity index (χ1v) is 8.11. The molecule has 0 aromatic heterocycles. The minimum atomic E-state index is -4.02. The third-order valence-electron chi connectivity index (χ3n) is 3.52. The Balaban J connectivity index is 2.39. The molecule has 1 aliphatic heterocycles. The molecule has 0 unspecified atom stereocenters. The van der Waals surface area contributed by atoms with Crippen molar-refractivity contribution in [3.8, 4) is 0 Å². The van der Waals surface area contributed by atoms with Crippen molar-refractivity contribution in [2.75, 3.05) is 40.3 Å². The van der Waals surface area contributed by atoms with Crippen LogP contribution in [0.2, 0.25) is 0 Å². The van der Waals surface area contributed by atoms with Gasteiger partial charge in [0, 0.05) is 32.7 Å². The molecule has 0 spiro atoms. The van der Waals surface area contributed by atoms with Crippen LogP contribution >= 0.6 is 0 Å². The van der Waals surface area contributed by atoms with Crippen molar-refractivity contribution in [2.45, 2.75) is 11.4 Å². The minimum Gasteiger partial charge on any atom is -0.316 e. The predicted octanol–water partition coefficient (Wildman–Crippen LogP) is 0.620. The van der Waals surface area contributed by atoms with E-state index in [1.54, 1.807) is 7.05 Å². The van der Waals surface area contributed by atoms with Crippen molar-refractivity contribution in [1.82, 2.24) is 14.5 Å². The van der Waals surface area contributed by atoms with Gasteiger partial charge in [-0.2, -0.15) is 4.31 Å². The highest BCUT2D eigenvalue weighted by Gasteiger charge is 2.31. The monoisotopic (exact) mass is 319 g/mol. The Bertz CT molecular complexity index is 614. The second-order valence-electron chi connectivity index (χ2n) is 5.13. The lowest BCUT2D eigenvalue weighted by Gasteiger charge is -2.31. The van der Waals surface area contributed by atoms with E-state index in [2.05, 4.69) is 5.32 Å². The first kappa shape index (κ1) is 16.3. The number of hydrogen-bond donors (Lipinski definition) is 1. The van der Waals surface area contributed by atoms with Gasteiger partial charge in [0.1, 0.15) is 4.90 Å². The van der Waals surface area contributed by atoms with Crippen LogP contribution in [0.1, 0.15) is 5.56 Å². The van der Waals surface area contributed by atoms with Crippen LogP contribution in [0.15, 0.2) is 17.0 Å². The van der Waals surface area contributed by atoms with Crippen LogP contribution in [-0.4, -0.2) is 57.9 Å². The molecular weight excluding hydrogens is 300 g/mol. The van der Waals surface area contributed by atoms with E-state index >= 15 is 0 Å². The topological polar surface area (TPSA) is 52.7 Å². The smallest absolute Gasteiger partial charge is 0.246 e. The van der Waals surface area contributed by atoms with Crippen LogP contribution in [-0.2, 0) is 16.6 Å². The van der Waals surface area contributed by atoms with Gasteiger partial charge in [-0.3, -0.25) is 0 Å². The Morgan fingerprint density at radius 1 is 1.19 bits per heavy atom. The molecule has 5 nitrogen and oxygen atoms in total. The van der Waals surface area contributed by atoms with Crippen molar-refractivity contribution >= 4 is 10.0 Å². The van der Waals surface area contributed by atoms with Gasteiger partial charge in [0.15, 0.2) is 11.6 Å². The average molecular weight is 319 g/mol. The molecule has 1 saturated heterocycles. The fourth-order valence-corrected chi connectivity index (χ4v) is 3.83. The summed E-state index contributed by atoms with van der Waals surface area (Å²) in [5, 5.41) is 2.79. The lowest BCUT2D eigenvalue weighted by Crippen LogP contribution is -2.47. The standard InChI is InChI=1S/C13H19F2N3O2S/c1-16-9-10-7-11(14)13(15)12(8-10)21(19,20)18-5-3-17(2)4-6-18/h7-8,16H,3-6,9H2,1-2H3. The summed E-state index contributed by atoms with van der Waals surface area (Å²) in [4.78, 5) is 1.40. The number of nitrogens with one attached hydrogen (secondary N) is 1. The molecule has 0 bridgehead atoms. The predicted molar refractivity (Wildman–Crippen MR) is 75.4 cm³/mol. The summed E-state index contributed by atoms with van der Waals surface area (Å²) in [6.07, 6.45) is 0. The zero-order valence-electron chi connectivity index (χ0n) is 12.1. The number of piperazine rings is 1. The number of rotatable bonds is 4. The van der Waals surface area contributed by atoms with Crippen LogP contribution in [0.25, 0.3) is 0 Å². The molecule has 1 aliphatic rings. The first-order valence-electron chi connectivity index (χ1n) is 6.67. The summed E-state index contributed by atoms with van der Waals surface area (Å²) < 4.78 is 53.8. The Morgan fingerprint density at radius 2 is 1.81 bits per heavy atom. The van der Waals surface area contributed by atoms with Crippen LogP contribution in [0, 0.1) is 11.6 Å². The van der Waals surface area contributed by atoms with Crippen LogP contribution in [0.5, 0.6) is 0 Å². The van der Waals surface area contributed by atoms with Gasteiger partial charge in [-0.25, -0.2) is 17.2 Å². The summed E-state index contributed by atoms with van der Waals surface area (Å²) in [7, 11) is -0.480. The first-order chi connectivity index (χ1) is 9.86. The number of halogens is 2. The van der Waals surface area contributed by atoms with E-state index in [-0.39, 0.29) is 19.6 Å². The van der Waals surface area contributed by atoms with Gasteiger partial charge < -0.3 is 10.2 Å². The van der Waals surface area contributed by atoms with Crippen molar-refractivity contribution in [1.29, 1.82) is 0 Å². The van der Waals surface area contributed by atoms with Gasteiger partial charge in [-0.1, -0.05) is 0 Å². The lowest BCUT2D eigenvalue weighted by molar-refractivity contribution is 0.222. The molecule has 0 atom stereocenters. The molecule has 1 aromatic rings. The van der Waals surface area contributed by atoms with Gasteiger partial charge in [0.05, 0.1) is 0 Å². The molecule has 1 aromatic carbocycles. The Morgan fingerprint density at radius 3 is 2.38 bits per heavy atom. The Hall–Kier alpha value is -1.09. The molecule has 1 N–H and O–H groups in total. The van der Waals surface area contributed by atoms with Crippen molar-refractivity contribution < 1.29 is 17.2 Å². The van der Waals surface area contributed by atoms with E-state index in [1.165, 1.54) is 10.4 Å². The minimum absolute atomic E-state index is 0.266. The van der Waals surface area contributed by atoms with Crippen molar-refractivity contribution in [3.63, 3.8) is 0 Å². The lowest BCUT2D eigenvalue weighted by atomic mass is 10.2. The van der Waals surface area contributed by atoms with E-state index in [0.29, 0.717) is 18.7 Å². The average Bonchev–Trinajstić information content (AvgIpc) is 2.43. The fraction of sp³-hybridized carbons (Fsp3) is 0.538. The molecule has 21 heavy (non-hydrogen) atoms. The fourth-order valence-electron chi connectivity index (χ4n) is 2.28. The molecule has 0 saturated carbocycles. The molecule has 1 fully saturated rings. The molecule has 0 amide bonds. The van der Waals surface area contributed by atoms with Crippen LogP contribution in [0.3, 0.4) is 0 Å². The zero-order chi connectivity index (χ0) is 15.6. The Labute approximate surface area is 123 Å². The molecule has 2 rings (SSSR count). The third kappa shape index (κ3) is 3.39. The van der Waals surface area contributed by atoms with E-state index in [4.69, 9.17) is 0 Å². The molecule has 0 aliphatic carbocycles. The highest BCUT2D eigenvalue weighted by atomic mass is 32.2. The highest BCUT2D eigenvalue weighted by molar-refractivity contribution is 7.89. The van der Waals surface area contributed by atoms with Gasteiger partial charge in [0.2, 0.25) is 10.0 Å². The number of benzene rings is 1. The maximum atomic E-state index is 13.9. The van der Waals surface area contributed by atoms with E-state index in [0.717, 1.165) is 6.07 Å². The summed E-state index contributed by atoms with van der Waals surface area (Å²) in [5.41, 5.74) is 0.393. The van der Waals surface area contributed by atoms with Gasteiger partial charge >= 0.3 is 0 Å². The summed E-state index contributed by atoms with van der Waals surface area (Å²) >= 11 is 0. The molecular formula is C13H19F2N3O2S. The highest BCUT2D eigenvalue weighted by Crippen LogP contribution is 2.24. The van der Waals surface area contributed by atoms with Gasteiger partial charge in [-0.15, -0.1) is 0 Å². The van der Waals surface area contributed by atoms with E-state index in [9.17, 15) is 17.2 Å². The zero-order valence-corrected chi connectivity index (χ0v) is 12.9. The SMILES string of the molecule is CNCc1cc(F)c(F)c(S(=O)(=O)N2CCN(C)CC2)c1. The number of nitrogens with zero attached hydrogens (tertiary/aromatic N) is 2. The van der Waals surface area contributed by atoms with Crippen molar-refractivity contribution in [3.05, 3.63) is 29.3 Å². The number of likely N-dealkylation sites (N-methyl/N-ethyl adjacent to an activating group) is 1. The van der Waals surface area contributed by atoms with E-state index in [1.807, 2.05) is 11.9 Å². The second-order valence-corrected chi connectivity index (χ2v) is 7.03. The van der Waals surface area contributed by atoms with Gasteiger partial charge in [-0.05, 0) is 31.8 Å².